The summed E-state index contributed by atoms with van der Waals surface area (Å²) in [5.41, 5.74) is 3.59. The van der Waals surface area contributed by atoms with Gasteiger partial charge in [-0.2, -0.15) is 5.10 Å². The number of hydrogen-bond donors (Lipinski definition) is 2. The Balaban J connectivity index is 1.51. The second-order valence-electron chi connectivity index (χ2n) is 7.36. The van der Waals surface area contributed by atoms with Crippen LogP contribution in [0.1, 0.15) is 44.2 Å². The SMILES string of the molecule is Cc1c(C(C)NC(=O)Nc2ccc3cnn(C(C)C)c3c2)oc2ccccc12. The van der Waals surface area contributed by atoms with Crippen LogP contribution in [-0.4, -0.2) is 15.8 Å². The molecule has 0 aliphatic heterocycles. The van der Waals surface area contributed by atoms with Crippen molar-refractivity contribution < 1.29 is 9.21 Å². The van der Waals surface area contributed by atoms with Crippen molar-refractivity contribution in [3.63, 3.8) is 0 Å². The molecule has 0 radical (unpaired) electrons. The van der Waals surface area contributed by atoms with Crippen LogP contribution in [-0.2, 0) is 0 Å². The second-order valence-corrected chi connectivity index (χ2v) is 7.36. The van der Waals surface area contributed by atoms with Crippen molar-refractivity contribution in [2.45, 2.75) is 39.8 Å². The van der Waals surface area contributed by atoms with E-state index in [1.165, 1.54) is 0 Å². The molecular formula is C22H24N4O2. The van der Waals surface area contributed by atoms with Gasteiger partial charge < -0.3 is 15.1 Å². The Morgan fingerprint density at radius 2 is 1.93 bits per heavy atom. The quantitative estimate of drug-likeness (QED) is 0.490. The number of anilines is 1. The van der Waals surface area contributed by atoms with E-state index in [1.807, 2.05) is 67.2 Å². The van der Waals surface area contributed by atoms with E-state index >= 15 is 0 Å². The Kier molecular flexibility index (Phi) is 4.55. The first kappa shape index (κ1) is 18.1. The van der Waals surface area contributed by atoms with Crippen molar-refractivity contribution in [1.82, 2.24) is 15.1 Å². The Hall–Kier alpha value is -3.28. The van der Waals surface area contributed by atoms with E-state index in [0.717, 1.165) is 38.9 Å². The smallest absolute Gasteiger partial charge is 0.319 e. The van der Waals surface area contributed by atoms with Gasteiger partial charge in [0.25, 0.3) is 0 Å². The number of aromatic nitrogens is 2. The molecule has 2 N–H and O–H groups in total. The molecule has 1 unspecified atom stereocenters. The first-order valence-electron chi connectivity index (χ1n) is 9.47. The van der Waals surface area contributed by atoms with Gasteiger partial charge in [-0.15, -0.1) is 0 Å². The molecule has 0 fully saturated rings. The maximum atomic E-state index is 12.5. The fourth-order valence-corrected chi connectivity index (χ4v) is 3.56. The maximum Gasteiger partial charge on any atom is 0.319 e. The average Bonchev–Trinajstić information content (AvgIpc) is 3.23. The molecule has 1 atom stereocenters. The molecule has 2 amide bonds. The van der Waals surface area contributed by atoms with Gasteiger partial charge in [0.05, 0.1) is 17.8 Å². The molecular weight excluding hydrogens is 352 g/mol. The number of hydrogen-bond acceptors (Lipinski definition) is 3. The second kappa shape index (κ2) is 7.03. The standard InChI is InChI=1S/C22H24N4O2/c1-13(2)26-19-11-17(10-9-16(19)12-23-26)25-22(27)24-15(4)21-14(3)18-7-5-6-8-20(18)28-21/h5-13,15H,1-4H3,(H2,24,25,27). The van der Waals surface area contributed by atoms with Gasteiger partial charge in [0, 0.05) is 28.1 Å². The number of urea groups is 1. The van der Waals surface area contributed by atoms with Crippen molar-refractivity contribution >= 4 is 33.6 Å². The summed E-state index contributed by atoms with van der Waals surface area (Å²) in [4.78, 5) is 12.5. The Morgan fingerprint density at radius 1 is 1.14 bits per heavy atom. The summed E-state index contributed by atoms with van der Waals surface area (Å²) in [5.74, 6) is 0.768. The van der Waals surface area contributed by atoms with Crippen molar-refractivity contribution in [2.75, 3.05) is 5.32 Å². The summed E-state index contributed by atoms with van der Waals surface area (Å²) >= 11 is 0. The van der Waals surface area contributed by atoms with E-state index in [0.29, 0.717) is 0 Å². The van der Waals surface area contributed by atoms with Crippen LogP contribution in [0.25, 0.3) is 21.9 Å². The van der Waals surface area contributed by atoms with Crippen LogP contribution in [0.5, 0.6) is 0 Å². The number of aryl methyl sites for hydroxylation is 1. The van der Waals surface area contributed by atoms with Gasteiger partial charge in [-0.25, -0.2) is 4.79 Å². The molecule has 4 rings (SSSR count). The van der Waals surface area contributed by atoms with E-state index < -0.39 is 0 Å². The molecule has 2 aromatic heterocycles. The molecule has 28 heavy (non-hydrogen) atoms. The molecule has 0 saturated heterocycles. The normalized spacial score (nSPS) is 12.6. The number of para-hydroxylation sites is 1. The first-order chi connectivity index (χ1) is 13.4. The molecule has 144 valence electrons. The van der Waals surface area contributed by atoms with E-state index in [-0.39, 0.29) is 18.1 Å². The van der Waals surface area contributed by atoms with Crippen LogP contribution in [0.2, 0.25) is 0 Å². The summed E-state index contributed by atoms with van der Waals surface area (Å²) in [7, 11) is 0. The molecule has 0 bridgehead atoms. The zero-order valence-electron chi connectivity index (χ0n) is 16.5. The van der Waals surface area contributed by atoms with Crippen molar-refractivity contribution in [2.24, 2.45) is 0 Å². The summed E-state index contributed by atoms with van der Waals surface area (Å²) < 4.78 is 7.89. The molecule has 0 saturated carbocycles. The highest BCUT2D eigenvalue weighted by atomic mass is 16.3. The minimum Gasteiger partial charge on any atom is -0.459 e. The van der Waals surface area contributed by atoms with E-state index in [9.17, 15) is 4.79 Å². The molecule has 0 aliphatic carbocycles. The molecule has 4 aromatic rings. The zero-order chi connectivity index (χ0) is 19.8. The molecule has 0 spiro atoms. The fourth-order valence-electron chi connectivity index (χ4n) is 3.56. The third kappa shape index (κ3) is 3.22. The molecule has 6 nitrogen and oxygen atoms in total. The maximum absolute atomic E-state index is 12.5. The summed E-state index contributed by atoms with van der Waals surface area (Å²) in [5, 5.41) is 12.4. The highest BCUT2D eigenvalue weighted by Gasteiger charge is 2.18. The average molecular weight is 376 g/mol. The number of carbonyl (C=O) groups is 1. The number of furan rings is 1. The zero-order valence-corrected chi connectivity index (χ0v) is 16.5. The van der Waals surface area contributed by atoms with Gasteiger partial charge >= 0.3 is 6.03 Å². The predicted octanol–water partition coefficient (Wildman–Crippen LogP) is 5.55. The number of carbonyl (C=O) groups excluding carboxylic acids is 1. The van der Waals surface area contributed by atoms with Crippen LogP contribution in [0.3, 0.4) is 0 Å². The highest BCUT2D eigenvalue weighted by molar-refractivity contribution is 5.93. The Morgan fingerprint density at radius 3 is 2.68 bits per heavy atom. The number of fused-ring (bicyclic) bond motifs is 2. The topological polar surface area (TPSA) is 72.1 Å². The number of nitrogens with zero attached hydrogens (tertiary/aromatic N) is 2. The van der Waals surface area contributed by atoms with E-state index in [2.05, 4.69) is 29.6 Å². The molecule has 0 aliphatic rings. The molecule has 6 heteroatoms. The molecule has 2 heterocycles. The predicted molar refractivity (Wildman–Crippen MR) is 112 cm³/mol. The first-order valence-corrected chi connectivity index (χ1v) is 9.47. The van der Waals surface area contributed by atoms with E-state index in [4.69, 9.17) is 4.42 Å². The van der Waals surface area contributed by atoms with Crippen LogP contribution in [0.4, 0.5) is 10.5 Å². The van der Waals surface area contributed by atoms with Crippen LogP contribution in [0.15, 0.2) is 53.1 Å². The minimum absolute atomic E-state index is 0.248. The van der Waals surface area contributed by atoms with Gasteiger partial charge in [-0.1, -0.05) is 18.2 Å². The Labute approximate surface area is 163 Å². The van der Waals surface area contributed by atoms with Crippen molar-refractivity contribution in [1.29, 1.82) is 0 Å². The van der Waals surface area contributed by atoms with Gasteiger partial charge in [0.15, 0.2) is 0 Å². The number of benzene rings is 2. The van der Waals surface area contributed by atoms with E-state index in [1.54, 1.807) is 0 Å². The number of rotatable bonds is 4. The third-order valence-electron chi connectivity index (χ3n) is 4.97. The minimum atomic E-state index is -0.276. The highest BCUT2D eigenvalue weighted by Crippen LogP contribution is 2.29. The Bertz CT molecular complexity index is 1160. The van der Waals surface area contributed by atoms with Crippen molar-refractivity contribution in [3.8, 4) is 0 Å². The van der Waals surface area contributed by atoms with Crippen LogP contribution in [0, 0.1) is 6.92 Å². The lowest BCUT2D eigenvalue weighted by Crippen LogP contribution is -2.31. The van der Waals surface area contributed by atoms with Gasteiger partial charge in [0.2, 0.25) is 0 Å². The van der Waals surface area contributed by atoms with Gasteiger partial charge in [0.1, 0.15) is 11.3 Å². The lowest BCUT2D eigenvalue weighted by molar-refractivity contribution is 0.248. The number of amides is 2. The fraction of sp³-hybridized carbons (Fsp3) is 0.273. The van der Waals surface area contributed by atoms with Gasteiger partial charge in [-0.3, -0.25) is 4.68 Å². The summed E-state index contributed by atoms with van der Waals surface area (Å²) in [6.07, 6.45) is 1.84. The monoisotopic (exact) mass is 376 g/mol. The van der Waals surface area contributed by atoms with Gasteiger partial charge in [-0.05, 0) is 52.0 Å². The summed E-state index contributed by atoms with van der Waals surface area (Å²) in [6.45, 7) is 8.09. The van der Waals surface area contributed by atoms with Crippen LogP contribution >= 0.6 is 0 Å². The van der Waals surface area contributed by atoms with Crippen molar-refractivity contribution in [3.05, 3.63) is 60.0 Å². The van der Waals surface area contributed by atoms with Crippen LogP contribution < -0.4 is 10.6 Å². The largest absolute Gasteiger partial charge is 0.459 e. The summed E-state index contributed by atoms with van der Waals surface area (Å²) in [6, 6.07) is 13.4. The third-order valence-corrected chi connectivity index (χ3v) is 4.97. The number of nitrogens with one attached hydrogen (secondary N) is 2. The molecule has 2 aromatic carbocycles. The lowest BCUT2D eigenvalue weighted by atomic mass is 10.1. The lowest BCUT2D eigenvalue weighted by Gasteiger charge is -2.14.